The van der Waals surface area contributed by atoms with Crippen molar-refractivity contribution in [1.29, 1.82) is 0 Å². The molecule has 17 heavy (non-hydrogen) atoms. The lowest BCUT2D eigenvalue weighted by Gasteiger charge is -2.20. The molecule has 3 rings (SSSR count). The van der Waals surface area contributed by atoms with E-state index in [9.17, 15) is 14.4 Å². The van der Waals surface area contributed by atoms with E-state index < -0.39 is 12.0 Å². The molecule has 0 unspecified atom stereocenters. The van der Waals surface area contributed by atoms with Gasteiger partial charge in [0.2, 0.25) is 11.8 Å². The molecule has 0 spiro atoms. The van der Waals surface area contributed by atoms with Crippen molar-refractivity contribution in [2.24, 2.45) is 23.7 Å². The summed E-state index contributed by atoms with van der Waals surface area (Å²) in [6, 6.07) is -1.03. The van der Waals surface area contributed by atoms with Crippen LogP contribution >= 0.6 is 0 Å². The first-order valence-electron chi connectivity index (χ1n) is 6.12. The van der Waals surface area contributed by atoms with Crippen LogP contribution in [0.2, 0.25) is 0 Å². The first-order valence-corrected chi connectivity index (χ1v) is 6.12. The van der Waals surface area contributed by atoms with E-state index in [1.54, 1.807) is 0 Å². The molecular weight excluding hydrogens is 222 g/mol. The van der Waals surface area contributed by atoms with E-state index in [0.29, 0.717) is 11.8 Å². The van der Waals surface area contributed by atoms with Crippen LogP contribution in [0.4, 0.5) is 0 Å². The fraction of sp³-hybridized carbons (Fsp3) is 0.750. The minimum Gasteiger partial charge on any atom is -0.480 e. The Bertz CT molecular complexity index is 391. The summed E-state index contributed by atoms with van der Waals surface area (Å²) in [5.74, 6) is -1.42. The van der Waals surface area contributed by atoms with Crippen LogP contribution < -0.4 is 0 Å². The molecule has 2 bridgehead atoms. The molecule has 2 saturated carbocycles. The Morgan fingerprint density at radius 3 is 2.12 bits per heavy atom. The van der Waals surface area contributed by atoms with Crippen molar-refractivity contribution in [3.05, 3.63) is 0 Å². The van der Waals surface area contributed by atoms with E-state index in [0.717, 1.165) is 24.2 Å². The number of aliphatic carboxylic acids is 1. The molecule has 0 aromatic heterocycles. The molecule has 5 atom stereocenters. The monoisotopic (exact) mass is 237 g/mol. The maximum absolute atomic E-state index is 12.2. The van der Waals surface area contributed by atoms with E-state index in [2.05, 4.69) is 0 Å². The molecule has 0 aromatic carbocycles. The summed E-state index contributed by atoms with van der Waals surface area (Å²) in [5, 5.41) is 8.94. The van der Waals surface area contributed by atoms with Crippen molar-refractivity contribution in [3.8, 4) is 0 Å². The Kier molecular flexibility index (Phi) is 2.09. The van der Waals surface area contributed by atoms with Crippen molar-refractivity contribution in [2.45, 2.75) is 32.2 Å². The number of hydrogen-bond acceptors (Lipinski definition) is 3. The number of hydrogen-bond donors (Lipinski definition) is 1. The molecule has 1 aliphatic heterocycles. The van der Waals surface area contributed by atoms with E-state index >= 15 is 0 Å². The maximum atomic E-state index is 12.2. The Hall–Kier alpha value is -1.39. The number of fused-ring (bicyclic) bond motifs is 5. The zero-order valence-corrected chi connectivity index (χ0v) is 9.63. The second kappa shape index (κ2) is 3.31. The highest BCUT2D eigenvalue weighted by molar-refractivity contribution is 6.08. The average Bonchev–Trinajstić information content (AvgIpc) is 2.92. The van der Waals surface area contributed by atoms with Gasteiger partial charge in [0.15, 0.2) is 0 Å². The third kappa shape index (κ3) is 1.22. The van der Waals surface area contributed by atoms with Gasteiger partial charge in [-0.1, -0.05) is 0 Å². The molecule has 0 aromatic rings. The molecule has 0 radical (unpaired) electrons. The van der Waals surface area contributed by atoms with Gasteiger partial charge in [-0.2, -0.15) is 0 Å². The van der Waals surface area contributed by atoms with Crippen LogP contribution in [0.5, 0.6) is 0 Å². The Morgan fingerprint density at radius 1 is 1.24 bits per heavy atom. The Balaban J connectivity index is 1.93. The van der Waals surface area contributed by atoms with Gasteiger partial charge in [-0.05, 0) is 38.0 Å². The lowest BCUT2D eigenvalue weighted by atomic mass is 9.81. The summed E-state index contributed by atoms with van der Waals surface area (Å²) in [5.41, 5.74) is 0. The van der Waals surface area contributed by atoms with Gasteiger partial charge < -0.3 is 5.11 Å². The highest BCUT2D eigenvalue weighted by atomic mass is 16.4. The maximum Gasteiger partial charge on any atom is 0.326 e. The topological polar surface area (TPSA) is 74.7 Å². The van der Waals surface area contributed by atoms with Gasteiger partial charge in [0.1, 0.15) is 6.04 Å². The van der Waals surface area contributed by atoms with Gasteiger partial charge in [-0.15, -0.1) is 0 Å². The van der Waals surface area contributed by atoms with Crippen LogP contribution in [-0.4, -0.2) is 33.8 Å². The van der Waals surface area contributed by atoms with Gasteiger partial charge >= 0.3 is 5.97 Å². The molecule has 3 aliphatic rings. The number of amides is 2. The average molecular weight is 237 g/mol. The molecule has 92 valence electrons. The summed E-state index contributed by atoms with van der Waals surface area (Å²) < 4.78 is 0. The van der Waals surface area contributed by atoms with Crippen molar-refractivity contribution in [2.75, 3.05) is 0 Å². The predicted octanol–water partition coefficient (Wildman–Crippen LogP) is 0.491. The number of carbonyl (C=O) groups is 3. The van der Waals surface area contributed by atoms with E-state index in [1.165, 1.54) is 6.92 Å². The van der Waals surface area contributed by atoms with Gasteiger partial charge in [0, 0.05) is 0 Å². The van der Waals surface area contributed by atoms with Crippen molar-refractivity contribution in [3.63, 3.8) is 0 Å². The quantitative estimate of drug-likeness (QED) is 0.709. The summed E-state index contributed by atoms with van der Waals surface area (Å²) in [6.07, 6.45) is 3.00. The predicted molar refractivity (Wildman–Crippen MR) is 56.8 cm³/mol. The van der Waals surface area contributed by atoms with Crippen LogP contribution in [0.15, 0.2) is 0 Å². The Morgan fingerprint density at radius 2 is 1.71 bits per heavy atom. The molecule has 5 heteroatoms. The molecule has 5 nitrogen and oxygen atoms in total. The zero-order chi connectivity index (χ0) is 12.3. The number of carboxylic acids is 1. The van der Waals surface area contributed by atoms with Crippen LogP contribution in [0.3, 0.4) is 0 Å². The molecule has 1 saturated heterocycles. The van der Waals surface area contributed by atoms with Gasteiger partial charge in [0.05, 0.1) is 11.8 Å². The van der Waals surface area contributed by atoms with E-state index in [1.807, 2.05) is 0 Å². The summed E-state index contributed by atoms with van der Waals surface area (Å²) in [4.78, 5) is 36.3. The first-order chi connectivity index (χ1) is 8.02. The summed E-state index contributed by atoms with van der Waals surface area (Å²) in [6.45, 7) is 1.40. The van der Waals surface area contributed by atoms with E-state index in [4.69, 9.17) is 5.11 Å². The highest BCUT2D eigenvalue weighted by Gasteiger charge is 2.62. The summed E-state index contributed by atoms with van der Waals surface area (Å²) in [7, 11) is 0. The Labute approximate surface area is 98.8 Å². The minimum atomic E-state index is -1.11. The van der Waals surface area contributed by atoms with Crippen molar-refractivity contribution < 1.29 is 19.5 Å². The zero-order valence-electron chi connectivity index (χ0n) is 9.63. The number of carbonyl (C=O) groups excluding carboxylic acids is 2. The molecular formula is C12H15NO4. The largest absolute Gasteiger partial charge is 0.480 e. The number of nitrogens with zero attached hydrogens (tertiary/aromatic N) is 1. The third-order valence-electron chi connectivity index (χ3n) is 4.71. The van der Waals surface area contributed by atoms with Gasteiger partial charge in [-0.25, -0.2) is 4.79 Å². The lowest BCUT2D eigenvalue weighted by molar-refractivity contribution is -0.154. The minimum absolute atomic E-state index is 0.219. The second-order valence-corrected chi connectivity index (χ2v) is 5.45. The summed E-state index contributed by atoms with van der Waals surface area (Å²) >= 11 is 0. The molecule has 1 N–H and O–H groups in total. The highest BCUT2D eigenvalue weighted by Crippen LogP contribution is 2.56. The molecule has 2 aliphatic carbocycles. The number of rotatable bonds is 2. The first kappa shape index (κ1) is 10.7. The van der Waals surface area contributed by atoms with Gasteiger partial charge in [0.25, 0.3) is 0 Å². The van der Waals surface area contributed by atoms with Crippen LogP contribution in [0.1, 0.15) is 26.2 Å². The standard InChI is InChI=1S/C12H15NO4/c1-5(12(16)17)13-10(14)8-6-2-3-7(4-6)9(8)11(13)15/h5-9H,2-4H2,1H3,(H,16,17)/t5-,6+,7+,8-,9-/m1/s1. The fourth-order valence-electron chi connectivity index (χ4n) is 3.92. The second-order valence-electron chi connectivity index (χ2n) is 5.45. The lowest BCUT2D eigenvalue weighted by Crippen LogP contribution is -2.44. The third-order valence-corrected chi connectivity index (χ3v) is 4.71. The number of carboxylic acid groups (broad SMARTS) is 1. The smallest absolute Gasteiger partial charge is 0.326 e. The SMILES string of the molecule is C[C@H](C(=O)O)N1C(=O)[C@@H]2[C@H]3CC[C@@H](C3)[C@H]2C1=O. The molecule has 2 amide bonds. The van der Waals surface area contributed by atoms with Crippen LogP contribution in [-0.2, 0) is 14.4 Å². The van der Waals surface area contributed by atoms with Crippen molar-refractivity contribution in [1.82, 2.24) is 4.90 Å². The van der Waals surface area contributed by atoms with Gasteiger partial charge in [-0.3, -0.25) is 14.5 Å². The number of imide groups is 1. The van der Waals surface area contributed by atoms with Crippen molar-refractivity contribution >= 4 is 17.8 Å². The fourth-order valence-corrected chi connectivity index (χ4v) is 3.92. The normalized spacial score (nSPS) is 40.9. The van der Waals surface area contributed by atoms with Crippen LogP contribution in [0.25, 0.3) is 0 Å². The molecule has 3 fully saturated rings. The number of likely N-dealkylation sites (tertiary alicyclic amines) is 1. The van der Waals surface area contributed by atoms with E-state index in [-0.39, 0.29) is 23.7 Å². The molecule has 1 heterocycles. The van der Waals surface area contributed by atoms with Crippen LogP contribution in [0, 0.1) is 23.7 Å².